The van der Waals surface area contributed by atoms with Crippen LogP contribution in [0.1, 0.15) is 32.1 Å². The van der Waals surface area contributed by atoms with Gasteiger partial charge in [-0.3, -0.25) is 4.79 Å². The number of hydrogen-bond acceptors (Lipinski definition) is 6. The first kappa shape index (κ1) is 16.6. The van der Waals surface area contributed by atoms with Gasteiger partial charge in [0.05, 0.1) is 19.3 Å². The van der Waals surface area contributed by atoms with Crippen LogP contribution in [0.5, 0.6) is 5.88 Å². The third-order valence-electron chi connectivity index (χ3n) is 5.67. The average Bonchev–Trinajstić information content (AvgIpc) is 3.10. The number of anilines is 1. The molecule has 2 saturated heterocycles. The summed E-state index contributed by atoms with van der Waals surface area (Å²) in [6, 6.07) is 1.83. The van der Waals surface area contributed by atoms with Gasteiger partial charge in [-0.15, -0.1) is 0 Å². The zero-order valence-electron chi connectivity index (χ0n) is 14.8. The Kier molecular flexibility index (Phi) is 4.74. The molecule has 1 amide bonds. The SMILES string of the molecule is COc1ccnc(N2CC3OCC(=O)N(CC4CCCCC4)C3C2)n1. The van der Waals surface area contributed by atoms with Crippen LogP contribution in [-0.4, -0.2) is 66.3 Å². The van der Waals surface area contributed by atoms with Crippen molar-refractivity contribution in [2.24, 2.45) is 5.92 Å². The molecule has 0 spiro atoms. The summed E-state index contributed by atoms with van der Waals surface area (Å²) >= 11 is 0. The second-order valence-electron chi connectivity index (χ2n) is 7.27. The Labute approximate surface area is 148 Å². The number of rotatable bonds is 4. The first-order valence-corrected chi connectivity index (χ1v) is 9.27. The number of aromatic nitrogens is 2. The minimum Gasteiger partial charge on any atom is -0.481 e. The van der Waals surface area contributed by atoms with Crippen LogP contribution < -0.4 is 9.64 Å². The molecule has 136 valence electrons. The molecule has 2 aliphatic heterocycles. The Morgan fingerprint density at radius 3 is 2.92 bits per heavy atom. The van der Waals surface area contributed by atoms with Crippen LogP contribution in [0.25, 0.3) is 0 Å². The van der Waals surface area contributed by atoms with Gasteiger partial charge in [-0.25, -0.2) is 4.98 Å². The van der Waals surface area contributed by atoms with Crippen LogP contribution in [0.3, 0.4) is 0 Å². The summed E-state index contributed by atoms with van der Waals surface area (Å²) in [4.78, 5) is 25.4. The first-order chi connectivity index (χ1) is 12.2. The lowest BCUT2D eigenvalue weighted by molar-refractivity contribution is -0.154. The maximum atomic E-state index is 12.5. The fourth-order valence-electron chi connectivity index (χ4n) is 4.31. The van der Waals surface area contributed by atoms with Crippen LogP contribution in [0.15, 0.2) is 12.3 Å². The number of amides is 1. The van der Waals surface area contributed by atoms with E-state index >= 15 is 0 Å². The highest BCUT2D eigenvalue weighted by Gasteiger charge is 2.44. The Hall–Kier alpha value is -1.89. The molecule has 0 N–H and O–H groups in total. The van der Waals surface area contributed by atoms with E-state index in [0.29, 0.717) is 24.3 Å². The molecule has 7 heteroatoms. The van der Waals surface area contributed by atoms with Crippen LogP contribution in [-0.2, 0) is 9.53 Å². The lowest BCUT2D eigenvalue weighted by atomic mass is 9.88. The molecular weight excluding hydrogens is 320 g/mol. The summed E-state index contributed by atoms with van der Waals surface area (Å²) in [7, 11) is 1.60. The van der Waals surface area contributed by atoms with Crippen molar-refractivity contribution in [3.05, 3.63) is 12.3 Å². The lowest BCUT2D eigenvalue weighted by Crippen LogP contribution is -2.55. The van der Waals surface area contributed by atoms with Crippen molar-refractivity contribution in [1.29, 1.82) is 0 Å². The quantitative estimate of drug-likeness (QED) is 0.823. The molecule has 2 unspecified atom stereocenters. The molecule has 1 saturated carbocycles. The van der Waals surface area contributed by atoms with E-state index in [2.05, 4.69) is 19.8 Å². The van der Waals surface area contributed by atoms with Gasteiger partial charge in [0.15, 0.2) is 0 Å². The van der Waals surface area contributed by atoms with Crippen molar-refractivity contribution in [1.82, 2.24) is 14.9 Å². The Balaban J connectivity index is 1.48. The van der Waals surface area contributed by atoms with E-state index in [4.69, 9.17) is 9.47 Å². The van der Waals surface area contributed by atoms with Crippen LogP contribution in [0, 0.1) is 5.92 Å². The topological polar surface area (TPSA) is 67.8 Å². The number of methoxy groups -OCH3 is 1. The van der Waals surface area contributed by atoms with Gasteiger partial charge in [-0.05, 0) is 18.8 Å². The zero-order valence-corrected chi connectivity index (χ0v) is 14.8. The third kappa shape index (κ3) is 3.42. The number of nitrogens with zero attached hydrogens (tertiary/aromatic N) is 4. The summed E-state index contributed by atoms with van der Waals surface area (Å²) in [5.74, 6) is 1.96. The van der Waals surface area contributed by atoms with Crippen molar-refractivity contribution >= 4 is 11.9 Å². The van der Waals surface area contributed by atoms with Crippen molar-refractivity contribution in [3.63, 3.8) is 0 Å². The normalized spacial score (nSPS) is 27.5. The van der Waals surface area contributed by atoms with Crippen molar-refractivity contribution in [2.45, 2.75) is 44.2 Å². The number of carbonyl (C=O) groups is 1. The van der Waals surface area contributed by atoms with Gasteiger partial charge >= 0.3 is 0 Å². The van der Waals surface area contributed by atoms with E-state index in [-0.39, 0.29) is 24.7 Å². The Morgan fingerprint density at radius 2 is 2.12 bits per heavy atom. The van der Waals surface area contributed by atoms with E-state index < -0.39 is 0 Å². The molecule has 0 bridgehead atoms. The van der Waals surface area contributed by atoms with E-state index in [1.165, 1.54) is 32.1 Å². The van der Waals surface area contributed by atoms with Gasteiger partial charge in [0, 0.05) is 31.9 Å². The van der Waals surface area contributed by atoms with Gasteiger partial charge in [-0.2, -0.15) is 4.98 Å². The summed E-state index contributed by atoms with van der Waals surface area (Å²) in [6.45, 7) is 2.50. The average molecular weight is 346 g/mol. The molecule has 7 nitrogen and oxygen atoms in total. The van der Waals surface area contributed by atoms with Gasteiger partial charge in [0.1, 0.15) is 6.61 Å². The van der Waals surface area contributed by atoms with Crippen molar-refractivity contribution in [3.8, 4) is 5.88 Å². The van der Waals surface area contributed by atoms with Crippen LogP contribution >= 0.6 is 0 Å². The summed E-state index contributed by atoms with van der Waals surface area (Å²) in [5.41, 5.74) is 0. The van der Waals surface area contributed by atoms with Gasteiger partial charge in [0.25, 0.3) is 0 Å². The second kappa shape index (κ2) is 7.15. The molecule has 1 aromatic heterocycles. The molecule has 3 fully saturated rings. The molecule has 1 aliphatic carbocycles. The fourth-order valence-corrected chi connectivity index (χ4v) is 4.31. The predicted molar refractivity (Wildman–Crippen MR) is 92.6 cm³/mol. The highest BCUT2D eigenvalue weighted by molar-refractivity contribution is 5.79. The van der Waals surface area contributed by atoms with E-state index in [1.807, 2.05) is 0 Å². The smallest absolute Gasteiger partial charge is 0.248 e. The lowest BCUT2D eigenvalue weighted by Gasteiger charge is -2.39. The molecule has 2 atom stereocenters. The molecule has 0 aromatic carbocycles. The maximum absolute atomic E-state index is 12.5. The highest BCUT2D eigenvalue weighted by Crippen LogP contribution is 2.30. The van der Waals surface area contributed by atoms with E-state index in [0.717, 1.165) is 13.1 Å². The molecule has 0 radical (unpaired) electrons. The zero-order chi connectivity index (χ0) is 17.2. The second-order valence-corrected chi connectivity index (χ2v) is 7.27. The van der Waals surface area contributed by atoms with Crippen LogP contribution in [0.2, 0.25) is 0 Å². The first-order valence-electron chi connectivity index (χ1n) is 9.27. The molecular formula is C18H26N4O3. The number of morpholine rings is 1. The summed E-state index contributed by atoms with van der Waals surface area (Å²) in [5, 5.41) is 0. The van der Waals surface area contributed by atoms with Crippen LogP contribution in [0.4, 0.5) is 5.95 Å². The molecule has 3 aliphatic rings. The highest BCUT2D eigenvalue weighted by atomic mass is 16.5. The maximum Gasteiger partial charge on any atom is 0.248 e. The number of carbonyl (C=O) groups excluding carboxylic acids is 1. The predicted octanol–water partition coefficient (Wildman–Crippen LogP) is 1.48. The summed E-state index contributed by atoms with van der Waals surface area (Å²) < 4.78 is 11.0. The van der Waals surface area contributed by atoms with Gasteiger partial charge < -0.3 is 19.3 Å². The summed E-state index contributed by atoms with van der Waals surface area (Å²) in [6.07, 6.45) is 8.14. The Bertz CT molecular complexity index is 620. The number of fused-ring (bicyclic) bond motifs is 1. The minimum atomic E-state index is 0.0380. The van der Waals surface area contributed by atoms with Gasteiger partial charge in [-0.1, -0.05) is 19.3 Å². The van der Waals surface area contributed by atoms with Crippen molar-refractivity contribution in [2.75, 3.05) is 38.3 Å². The molecule has 25 heavy (non-hydrogen) atoms. The molecule has 1 aromatic rings. The van der Waals surface area contributed by atoms with E-state index in [9.17, 15) is 4.79 Å². The minimum absolute atomic E-state index is 0.0380. The largest absolute Gasteiger partial charge is 0.481 e. The molecule has 3 heterocycles. The standard InChI is InChI=1S/C18H26N4O3/c1-24-16-7-8-19-18(20-16)21-10-14-15(11-21)25-12-17(23)22(14)9-13-5-3-2-4-6-13/h7-8,13-15H,2-6,9-12H2,1H3. The monoisotopic (exact) mass is 346 g/mol. The Morgan fingerprint density at radius 1 is 1.28 bits per heavy atom. The number of ether oxygens (including phenoxy) is 2. The van der Waals surface area contributed by atoms with Crippen molar-refractivity contribution < 1.29 is 14.3 Å². The van der Waals surface area contributed by atoms with Gasteiger partial charge in [0.2, 0.25) is 17.7 Å². The third-order valence-corrected chi connectivity index (χ3v) is 5.67. The fraction of sp³-hybridized carbons (Fsp3) is 0.722. The van der Waals surface area contributed by atoms with E-state index in [1.54, 1.807) is 19.4 Å². The number of hydrogen-bond donors (Lipinski definition) is 0. The molecule has 4 rings (SSSR count).